The summed E-state index contributed by atoms with van der Waals surface area (Å²) in [6.07, 6.45) is 6.46. The molecule has 0 heterocycles. The van der Waals surface area contributed by atoms with Gasteiger partial charge in [0.2, 0.25) is 10.0 Å². The number of benzene rings is 1. The number of halogens is 2. The van der Waals surface area contributed by atoms with E-state index in [1.54, 1.807) is 0 Å². The molecule has 0 radical (unpaired) electrons. The second-order valence-corrected chi connectivity index (χ2v) is 5.79. The molecule has 0 spiro atoms. The van der Waals surface area contributed by atoms with Gasteiger partial charge in [-0.2, -0.15) is 4.72 Å². The molecule has 0 saturated heterocycles. The van der Waals surface area contributed by atoms with Crippen LogP contribution in [0, 0.1) is 18.2 Å². The van der Waals surface area contributed by atoms with Crippen LogP contribution in [-0.4, -0.2) is 14.5 Å². The van der Waals surface area contributed by atoms with E-state index in [4.69, 9.17) is 18.0 Å². The van der Waals surface area contributed by atoms with Crippen molar-refractivity contribution in [1.29, 1.82) is 0 Å². The zero-order chi connectivity index (χ0) is 13.8. The second-order valence-electron chi connectivity index (χ2n) is 3.70. The van der Waals surface area contributed by atoms with E-state index in [1.165, 1.54) is 6.07 Å². The zero-order valence-corrected chi connectivity index (χ0v) is 11.4. The molecule has 1 unspecified atom stereocenters. The third kappa shape index (κ3) is 3.70. The van der Waals surface area contributed by atoms with Crippen LogP contribution < -0.4 is 4.72 Å². The highest BCUT2D eigenvalue weighted by Gasteiger charge is 2.21. The van der Waals surface area contributed by atoms with Crippen molar-refractivity contribution in [3.8, 4) is 12.3 Å². The summed E-state index contributed by atoms with van der Waals surface area (Å²) in [6.45, 7) is 1.88. The van der Waals surface area contributed by atoms with Gasteiger partial charge in [0.05, 0.1) is 11.1 Å². The summed E-state index contributed by atoms with van der Waals surface area (Å²) in [5.41, 5.74) is 0. The molecule has 18 heavy (non-hydrogen) atoms. The molecular weight excluding hydrogens is 277 g/mol. The van der Waals surface area contributed by atoms with Crippen LogP contribution in [0.5, 0.6) is 0 Å². The summed E-state index contributed by atoms with van der Waals surface area (Å²) in [7, 11) is -3.91. The normalized spacial score (nSPS) is 13.0. The van der Waals surface area contributed by atoms with Crippen molar-refractivity contribution in [2.45, 2.75) is 30.7 Å². The topological polar surface area (TPSA) is 46.2 Å². The molecule has 98 valence electrons. The van der Waals surface area contributed by atoms with Crippen molar-refractivity contribution >= 4 is 21.6 Å². The Balaban J connectivity index is 3.07. The molecule has 0 fully saturated rings. The van der Waals surface area contributed by atoms with E-state index in [0.717, 1.165) is 18.6 Å². The van der Waals surface area contributed by atoms with E-state index < -0.39 is 21.9 Å². The molecule has 1 atom stereocenters. The molecular formula is C12H13ClFNO2S. The van der Waals surface area contributed by atoms with Crippen LogP contribution in [0.1, 0.15) is 19.8 Å². The Bertz CT molecular complexity index is 566. The van der Waals surface area contributed by atoms with Gasteiger partial charge in [0.25, 0.3) is 0 Å². The highest BCUT2D eigenvalue weighted by atomic mass is 35.5. The number of hydrogen-bond donors (Lipinski definition) is 1. The molecule has 0 bridgehead atoms. The minimum Gasteiger partial charge on any atom is -0.207 e. The number of rotatable bonds is 5. The van der Waals surface area contributed by atoms with Gasteiger partial charge in [0.1, 0.15) is 10.7 Å². The monoisotopic (exact) mass is 289 g/mol. The van der Waals surface area contributed by atoms with Crippen molar-refractivity contribution in [2.24, 2.45) is 0 Å². The van der Waals surface area contributed by atoms with Crippen LogP contribution in [0.25, 0.3) is 0 Å². The van der Waals surface area contributed by atoms with E-state index >= 15 is 0 Å². The predicted octanol–water partition coefficient (Wildman–Crippen LogP) is 2.56. The number of hydrogen-bond acceptors (Lipinski definition) is 2. The van der Waals surface area contributed by atoms with Crippen LogP contribution in [0.15, 0.2) is 23.1 Å². The van der Waals surface area contributed by atoms with Gasteiger partial charge in [-0.25, -0.2) is 12.8 Å². The third-order valence-corrected chi connectivity index (χ3v) is 4.21. The fourth-order valence-electron chi connectivity index (χ4n) is 1.40. The highest BCUT2D eigenvalue weighted by Crippen LogP contribution is 2.22. The van der Waals surface area contributed by atoms with E-state index in [0.29, 0.717) is 6.42 Å². The molecule has 6 heteroatoms. The fourth-order valence-corrected chi connectivity index (χ4v) is 3.10. The third-order valence-electron chi connectivity index (χ3n) is 2.26. The van der Waals surface area contributed by atoms with Gasteiger partial charge in [-0.1, -0.05) is 30.9 Å². The minimum absolute atomic E-state index is 0.0452. The average molecular weight is 290 g/mol. The molecule has 1 N–H and O–H groups in total. The molecule has 1 rings (SSSR count). The Kier molecular flexibility index (Phi) is 5.15. The van der Waals surface area contributed by atoms with Crippen molar-refractivity contribution in [3.63, 3.8) is 0 Å². The number of sulfonamides is 1. The Hall–Kier alpha value is -1.09. The maximum atomic E-state index is 13.1. The van der Waals surface area contributed by atoms with E-state index in [1.807, 2.05) is 6.92 Å². The van der Waals surface area contributed by atoms with Crippen molar-refractivity contribution < 1.29 is 12.8 Å². The van der Waals surface area contributed by atoms with Gasteiger partial charge >= 0.3 is 0 Å². The van der Waals surface area contributed by atoms with Gasteiger partial charge in [-0.15, -0.1) is 6.42 Å². The Morgan fingerprint density at radius 2 is 2.22 bits per heavy atom. The lowest BCUT2D eigenvalue weighted by Crippen LogP contribution is -2.33. The first kappa shape index (κ1) is 15.0. The molecule has 0 aliphatic rings. The number of nitrogens with one attached hydrogen (secondary N) is 1. The Morgan fingerprint density at radius 1 is 1.56 bits per heavy atom. The first-order valence-electron chi connectivity index (χ1n) is 5.34. The summed E-state index contributed by atoms with van der Waals surface area (Å²) < 4.78 is 39.4. The lowest BCUT2D eigenvalue weighted by molar-refractivity contribution is 0.561. The molecule has 0 aliphatic carbocycles. The van der Waals surface area contributed by atoms with E-state index in [-0.39, 0.29) is 9.92 Å². The van der Waals surface area contributed by atoms with E-state index in [2.05, 4.69) is 10.6 Å². The molecule has 1 aromatic carbocycles. The van der Waals surface area contributed by atoms with Crippen molar-refractivity contribution in [1.82, 2.24) is 4.72 Å². The summed E-state index contributed by atoms with van der Waals surface area (Å²) >= 11 is 5.75. The zero-order valence-electron chi connectivity index (χ0n) is 9.78. The quantitative estimate of drug-likeness (QED) is 0.847. The van der Waals surface area contributed by atoms with Crippen LogP contribution in [0.2, 0.25) is 5.02 Å². The molecule has 0 aliphatic heterocycles. The van der Waals surface area contributed by atoms with Gasteiger partial charge in [0.15, 0.2) is 0 Å². The average Bonchev–Trinajstić information content (AvgIpc) is 2.31. The lowest BCUT2D eigenvalue weighted by Gasteiger charge is -2.13. The molecule has 3 nitrogen and oxygen atoms in total. The summed E-state index contributed by atoms with van der Waals surface area (Å²) in [5.74, 6) is 1.66. The maximum absolute atomic E-state index is 13.1. The second kappa shape index (κ2) is 6.19. The van der Waals surface area contributed by atoms with Crippen LogP contribution in [-0.2, 0) is 10.0 Å². The van der Waals surface area contributed by atoms with Gasteiger partial charge in [0, 0.05) is 0 Å². The van der Waals surface area contributed by atoms with Crippen LogP contribution >= 0.6 is 11.6 Å². The molecule has 1 aromatic rings. The first-order valence-corrected chi connectivity index (χ1v) is 7.20. The Labute approximate surface area is 111 Å². The molecule has 0 aromatic heterocycles. The summed E-state index contributed by atoms with van der Waals surface area (Å²) in [4.78, 5) is -0.305. The van der Waals surface area contributed by atoms with Crippen molar-refractivity contribution in [3.05, 3.63) is 29.0 Å². The lowest BCUT2D eigenvalue weighted by atomic mass is 10.2. The largest absolute Gasteiger partial charge is 0.243 e. The standard InChI is InChI=1S/C12H13ClFNO2S/c1-3-5-10(4-2)15-18(16,17)12-8-9(14)6-7-11(12)13/h2,6-8,10,15H,3,5H2,1H3. The minimum atomic E-state index is -3.91. The van der Waals surface area contributed by atoms with E-state index in [9.17, 15) is 12.8 Å². The fraction of sp³-hybridized carbons (Fsp3) is 0.333. The molecule has 0 amide bonds. The maximum Gasteiger partial charge on any atom is 0.243 e. The van der Waals surface area contributed by atoms with Crippen LogP contribution in [0.3, 0.4) is 0 Å². The SMILES string of the molecule is C#CC(CCC)NS(=O)(=O)c1cc(F)ccc1Cl. The summed E-state index contributed by atoms with van der Waals surface area (Å²) in [6, 6.07) is 2.52. The first-order chi connectivity index (χ1) is 8.40. The predicted molar refractivity (Wildman–Crippen MR) is 69.3 cm³/mol. The van der Waals surface area contributed by atoms with Gasteiger partial charge in [-0.05, 0) is 24.6 Å². The Morgan fingerprint density at radius 3 is 2.78 bits per heavy atom. The van der Waals surface area contributed by atoms with Crippen LogP contribution in [0.4, 0.5) is 4.39 Å². The number of terminal acetylenes is 1. The van der Waals surface area contributed by atoms with Gasteiger partial charge in [-0.3, -0.25) is 0 Å². The molecule has 0 saturated carbocycles. The van der Waals surface area contributed by atoms with Crippen molar-refractivity contribution in [2.75, 3.05) is 0 Å². The summed E-state index contributed by atoms with van der Waals surface area (Å²) in [5, 5.41) is -0.0452. The smallest absolute Gasteiger partial charge is 0.207 e. The van der Waals surface area contributed by atoms with Gasteiger partial charge < -0.3 is 0 Å². The highest BCUT2D eigenvalue weighted by molar-refractivity contribution is 7.89.